The fraction of sp³-hybridized carbons (Fsp3) is 0.348. The van der Waals surface area contributed by atoms with Gasteiger partial charge in [-0.3, -0.25) is 4.79 Å². The van der Waals surface area contributed by atoms with Crippen molar-refractivity contribution < 1.29 is 18.7 Å². The molecule has 0 N–H and O–H groups in total. The van der Waals surface area contributed by atoms with Crippen LogP contribution in [0.1, 0.15) is 17.4 Å². The van der Waals surface area contributed by atoms with Gasteiger partial charge in [-0.1, -0.05) is 48.5 Å². The second-order valence-electron chi connectivity index (χ2n) is 7.41. The van der Waals surface area contributed by atoms with Crippen molar-refractivity contribution in [3.8, 4) is 11.5 Å². The van der Waals surface area contributed by atoms with Gasteiger partial charge >= 0.3 is 0 Å². The molecule has 7 heteroatoms. The number of methoxy groups -OCH3 is 1. The van der Waals surface area contributed by atoms with E-state index in [1.165, 1.54) is 0 Å². The Labute approximate surface area is 175 Å². The number of nitrogens with zero attached hydrogens (tertiary/aromatic N) is 3. The average molecular weight is 407 g/mol. The van der Waals surface area contributed by atoms with Gasteiger partial charge in [0, 0.05) is 31.7 Å². The second kappa shape index (κ2) is 9.65. The number of likely N-dealkylation sites (tertiary alicyclic amines) is 1. The number of hydrogen-bond acceptors (Lipinski definition) is 6. The van der Waals surface area contributed by atoms with Crippen LogP contribution in [0.4, 0.5) is 0 Å². The molecule has 30 heavy (non-hydrogen) atoms. The SMILES string of the molecule is COCC1CN(C(=O)COCc2ccccc2)CC1c1nnc(-c2ccccc2)o1. The Bertz CT molecular complexity index is 945. The number of ether oxygens (including phenoxy) is 2. The Morgan fingerprint density at radius 3 is 2.53 bits per heavy atom. The van der Waals surface area contributed by atoms with Crippen molar-refractivity contribution in [1.29, 1.82) is 0 Å². The number of carbonyl (C=O) groups is 1. The van der Waals surface area contributed by atoms with Crippen molar-refractivity contribution in [2.75, 3.05) is 33.4 Å². The van der Waals surface area contributed by atoms with E-state index in [0.29, 0.717) is 38.1 Å². The Hall–Kier alpha value is -3.03. The predicted molar refractivity (Wildman–Crippen MR) is 111 cm³/mol. The maximum atomic E-state index is 12.7. The van der Waals surface area contributed by atoms with Crippen LogP contribution in [0.3, 0.4) is 0 Å². The Morgan fingerprint density at radius 2 is 1.80 bits per heavy atom. The molecule has 1 amide bonds. The lowest BCUT2D eigenvalue weighted by atomic mass is 9.97. The van der Waals surface area contributed by atoms with Gasteiger partial charge in [0.1, 0.15) is 6.61 Å². The molecule has 0 spiro atoms. The summed E-state index contributed by atoms with van der Waals surface area (Å²) in [4.78, 5) is 14.5. The standard InChI is InChI=1S/C23H25N3O4/c1-28-15-19-12-26(21(27)16-29-14-17-8-4-2-5-9-17)13-20(19)23-25-24-22(30-23)18-10-6-3-7-11-18/h2-11,19-20H,12-16H2,1H3. The van der Waals surface area contributed by atoms with Crippen molar-refractivity contribution in [3.63, 3.8) is 0 Å². The van der Waals surface area contributed by atoms with Crippen LogP contribution in [0.25, 0.3) is 11.5 Å². The number of amides is 1. The summed E-state index contributed by atoms with van der Waals surface area (Å²) in [6.45, 7) is 2.06. The number of benzene rings is 2. The zero-order valence-electron chi connectivity index (χ0n) is 16.9. The number of aromatic nitrogens is 2. The maximum Gasteiger partial charge on any atom is 0.248 e. The van der Waals surface area contributed by atoms with E-state index in [2.05, 4.69) is 10.2 Å². The minimum Gasteiger partial charge on any atom is -0.420 e. The zero-order chi connectivity index (χ0) is 20.8. The topological polar surface area (TPSA) is 77.7 Å². The largest absolute Gasteiger partial charge is 0.420 e. The average Bonchev–Trinajstić information content (AvgIpc) is 3.43. The van der Waals surface area contributed by atoms with Crippen molar-refractivity contribution in [2.24, 2.45) is 5.92 Å². The molecule has 156 valence electrons. The molecule has 1 saturated heterocycles. The Kier molecular flexibility index (Phi) is 6.51. The molecule has 1 aliphatic heterocycles. The van der Waals surface area contributed by atoms with Crippen LogP contribution in [0.2, 0.25) is 0 Å². The van der Waals surface area contributed by atoms with Gasteiger partial charge in [0.25, 0.3) is 0 Å². The molecule has 2 aromatic carbocycles. The molecule has 0 aliphatic carbocycles. The monoisotopic (exact) mass is 407 g/mol. The normalized spacial score (nSPS) is 18.6. The van der Waals surface area contributed by atoms with Gasteiger partial charge in [-0.05, 0) is 17.7 Å². The van der Waals surface area contributed by atoms with E-state index in [1.54, 1.807) is 12.0 Å². The van der Waals surface area contributed by atoms with E-state index >= 15 is 0 Å². The van der Waals surface area contributed by atoms with Gasteiger partial charge in [-0.2, -0.15) is 0 Å². The highest BCUT2D eigenvalue weighted by Crippen LogP contribution is 2.33. The molecular weight excluding hydrogens is 382 g/mol. The van der Waals surface area contributed by atoms with Gasteiger partial charge < -0.3 is 18.8 Å². The van der Waals surface area contributed by atoms with Gasteiger partial charge in [0.05, 0.1) is 19.1 Å². The van der Waals surface area contributed by atoms with Crippen LogP contribution in [0.5, 0.6) is 0 Å². The summed E-state index contributed by atoms with van der Waals surface area (Å²) in [6.07, 6.45) is 0. The van der Waals surface area contributed by atoms with Crippen LogP contribution < -0.4 is 0 Å². The van der Waals surface area contributed by atoms with Crippen molar-refractivity contribution in [2.45, 2.75) is 12.5 Å². The number of carbonyl (C=O) groups excluding carboxylic acids is 1. The van der Waals surface area contributed by atoms with Crippen LogP contribution >= 0.6 is 0 Å². The molecule has 2 unspecified atom stereocenters. The summed E-state index contributed by atoms with van der Waals surface area (Å²) in [7, 11) is 1.66. The van der Waals surface area contributed by atoms with Gasteiger partial charge in [0.15, 0.2) is 0 Å². The third kappa shape index (κ3) is 4.75. The minimum atomic E-state index is -0.0621. The maximum absolute atomic E-state index is 12.7. The highest BCUT2D eigenvalue weighted by atomic mass is 16.5. The third-order valence-electron chi connectivity index (χ3n) is 5.29. The van der Waals surface area contributed by atoms with E-state index in [0.717, 1.165) is 11.1 Å². The smallest absolute Gasteiger partial charge is 0.248 e. The molecule has 0 saturated carbocycles. The van der Waals surface area contributed by atoms with Crippen molar-refractivity contribution in [1.82, 2.24) is 15.1 Å². The van der Waals surface area contributed by atoms with E-state index < -0.39 is 0 Å². The molecule has 0 radical (unpaired) electrons. The van der Waals surface area contributed by atoms with Gasteiger partial charge in [-0.25, -0.2) is 0 Å². The molecular formula is C23H25N3O4. The highest BCUT2D eigenvalue weighted by molar-refractivity contribution is 5.78. The first-order valence-electron chi connectivity index (χ1n) is 10.0. The number of rotatable bonds is 8. The molecule has 1 aromatic heterocycles. The Balaban J connectivity index is 1.39. The lowest BCUT2D eigenvalue weighted by molar-refractivity contribution is -0.135. The van der Waals surface area contributed by atoms with Crippen LogP contribution in [0.15, 0.2) is 65.1 Å². The van der Waals surface area contributed by atoms with E-state index in [9.17, 15) is 4.79 Å². The molecule has 4 rings (SSSR count). The molecule has 2 heterocycles. The molecule has 3 aromatic rings. The lowest BCUT2D eigenvalue weighted by Gasteiger charge is -2.16. The molecule has 2 atom stereocenters. The van der Waals surface area contributed by atoms with Crippen LogP contribution in [0, 0.1) is 5.92 Å². The Morgan fingerprint density at radius 1 is 1.07 bits per heavy atom. The fourth-order valence-electron chi connectivity index (χ4n) is 3.74. The van der Waals surface area contributed by atoms with E-state index in [4.69, 9.17) is 13.9 Å². The quantitative estimate of drug-likeness (QED) is 0.571. The minimum absolute atomic E-state index is 0.0421. The first-order valence-corrected chi connectivity index (χ1v) is 10.0. The molecule has 1 fully saturated rings. The third-order valence-corrected chi connectivity index (χ3v) is 5.29. The summed E-state index contributed by atoms with van der Waals surface area (Å²) in [5, 5.41) is 8.45. The van der Waals surface area contributed by atoms with E-state index in [1.807, 2.05) is 60.7 Å². The summed E-state index contributed by atoms with van der Waals surface area (Å²) in [6, 6.07) is 19.5. The summed E-state index contributed by atoms with van der Waals surface area (Å²) < 4.78 is 16.9. The van der Waals surface area contributed by atoms with Crippen LogP contribution in [-0.4, -0.2) is 54.4 Å². The van der Waals surface area contributed by atoms with Gasteiger partial charge in [-0.15, -0.1) is 10.2 Å². The van der Waals surface area contributed by atoms with E-state index in [-0.39, 0.29) is 24.3 Å². The predicted octanol–water partition coefficient (Wildman–Crippen LogP) is 3.14. The zero-order valence-corrected chi connectivity index (χ0v) is 16.9. The van der Waals surface area contributed by atoms with Crippen molar-refractivity contribution >= 4 is 5.91 Å². The molecule has 7 nitrogen and oxygen atoms in total. The van der Waals surface area contributed by atoms with Crippen LogP contribution in [-0.2, 0) is 20.9 Å². The molecule has 0 bridgehead atoms. The summed E-state index contributed by atoms with van der Waals surface area (Å²) in [5.74, 6) is 1.01. The first kappa shape index (κ1) is 20.3. The first-order chi connectivity index (χ1) is 14.7. The fourth-order valence-corrected chi connectivity index (χ4v) is 3.74. The lowest BCUT2D eigenvalue weighted by Crippen LogP contribution is -2.32. The summed E-state index contributed by atoms with van der Waals surface area (Å²) >= 11 is 0. The van der Waals surface area contributed by atoms with Gasteiger partial charge in [0.2, 0.25) is 17.7 Å². The molecule has 1 aliphatic rings. The summed E-state index contributed by atoms with van der Waals surface area (Å²) in [5.41, 5.74) is 1.92. The second-order valence-corrected chi connectivity index (χ2v) is 7.41. The highest BCUT2D eigenvalue weighted by Gasteiger charge is 2.39. The van der Waals surface area contributed by atoms with Crippen molar-refractivity contribution in [3.05, 3.63) is 72.1 Å². The number of hydrogen-bond donors (Lipinski definition) is 0.